The second-order valence-electron chi connectivity index (χ2n) is 6.10. The third kappa shape index (κ3) is 3.14. The van der Waals surface area contributed by atoms with Crippen LogP contribution in [0.2, 0.25) is 0 Å². The molecule has 140 valence electrons. The first-order chi connectivity index (χ1) is 12.1. The van der Waals surface area contributed by atoms with Gasteiger partial charge in [-0.25, -0.2) is 9.78 Å². The van der Waals surface area contributed by atoms with Crippen molar-refractivity contribution in [3.05, 3.63) is 29.3 Å². The number of alkyl halides is 3. The summed E-state index contributed by atoms with van der Waals surface area (Å²) in [5.41, 5.74) is -3.19. The molecule has 1 aliphatic rings. The topological polar surface area (TPSA) is 90.7 Å². The van der Waals surface area contributed by atoms with E-state index in [0.29, 0.717) is 22.5 Å². The van der Waals surface area contributed by atoms with Crippen molar-refractivity contribution < 1.29 is 33.0 Å². The molecule has 2 N–H and O–H groups in total. The quantitative estimate of drug-likeness (QED) is 0.840. The number of rotatable bonds is 4. The summed E-state index contributed by atoms with van der Waals surface area (Å²) in [5, 5.41) is 18.9. The molecular weight excluding hydrogens is 373 g/mol. The zero-order valence-electron chi connectivity index (χ0n) is 13.4. The van der Waals surface area contributed by atoms with Crippen LogP contribution in [0.4, 0.5) is 13.2 Å². The van der Waals surface area contributed by atoms with Crippen LogP contribution in [0.1, 0.15) is 24.3 Å². The fraction of sp³-hybridized carbons (Fsp3) is 0.438. The van der Waals surface area contributed by atoms with Crippen LogP contribution in [0.3, 0.4) is 0 Å². The minimum absolute atomic E-state index is 0.0452. The van der Waals surface area contributed by atoms with Gasteiger partial charge >= 0.3 is 12.1 Å². The lowest BCUT2D eigenvalue weighted by atomic mass is 9.98. The van der Waals surface area contributed by atoms with Crippen LogP contribution in [0.5, 0.6) is 0 Å². The minimum Gasteiger partial charge on any atom is -0.480 e. The highest BCUT2D eigenvalue weighted by Crippen LogP contribution is 2.44. The normalized spacial score (nSPS) is 20.3. The van der Waals surface area contributed by atoms with Gasteiger partial charge in [-0.05, 0) is 25.0 Å². The van der Waals surface area contributed by atoms with Gasteiger partial charge in [-0.1, -0.05) is 12.1 Å². The highest BCUT2D eigenvalue weighted by atomic mass is 32.1. The largest absolute Gasteiger partial charge is 0.480 e. The predicted octanol–water partition coefficient (Wildman–Crippen LogP) is 2.51. The molecule has 0 spiro atoms. The number of nitrogens with zero attached hydrogens (tertiary/aromatic N) is 2. The molecule has 1 fully saturated rings. The van der Waals surface area contributed by atoms with Crippen molar-refractivity contribution in [3.63, 3.8) is 0 Å². The first-order valence-corrected chi connectivity index (χ1v) is 8.62. The fourth-order valence-corrected chi connectivity index (χ4v) is 4.06. The lowest BCUT2D eigenvalue weighted by Crippen LogP contribution is -2.49. The van der Waals surface area contributed by atoms with Gasteiger partial charge in [0, 0.05) is 6.54 Å². The number of carbonyl (C=O) groups is 2. The first kappa shape index (κ1) is 18.6. The first-order valence-electron chi connectivity index (χ1n) is 7.81. The Kier molecular flexibility index (Phi) is 4.65. The number of aliphatic carboxylic acids is 1. The maximum absolute atomic E-state index is 13.7. The summed E-state index contributed by atoms with van der Waals surface area (Å²) in [4.78, 5) is 28.3. The van der Waals surface area contributed by atoms with Crippen molar-refractivity contribution in [1.29, 1.82) is 0 Å². The number of carbonyl (C=O) groups excluding carboxylic acids is 1. The average Bonchev–Trinajstić information content (AvgIpc) is 3.20. The number of carboxylic acids is 1. The van der Waals surface area contributed by atoms with E-state index in [1.54, 1.807) is 18.2 Å². The van der Waals surface area contributed by atoms with Gasteiger partial charge in [-0.3, -0.25) is 4.79 Å². The third-order valence-corrected chi connectivity index (χ3v) is 5.57. The molecule has 1 aliphatic heterocycles. The number of carboxylic acid groups (broad SMARTS) is 1. The van der Waals surface area contributed by atoms with E-state index in [0.717, 1.165) is 4.90 Å². The molecule has 6 nitrogen and oxygen atoms in total. The molecular formula is C16H15F3N2O4S. The van der Waals surface area contributed by atoms with Gasteiger partial charge in [0.1, 0.15) is 11.0 Å². The molecule has 1 aromatic carbocycles. The van der Waals surface area contributed by atoms with Gasteiger partial charge in [-0.2, -0.15) is 13.2 Å². The van der Waals surface area contributed by atoms with Crippen molar-refractivity contribution in [1.82, 2.24) is 9.88 Å². The second-order valence-corrected chi connectivity index (χ2v) is 7.14. The third-order valence-electron chi connectivity index (χ3n) is 4.38. The molecule has 1 amide bonds. The van der Waals surface area contributed by atoms with Crippen LogP contribution in [-0.2, 0) is 15.2 Å². The van der Waals surface area contributed by atoms with Crippen molar-refractivity contribution in [2.45, 2.75) is 37.1 Å². The van der Waals surface area contributed by atoms with Crippen molar-refractivity contribution in [2.24, 2.45) is 0 Å². The molecule has 2 aromatic rings. The summed E-state index contributed by atoms with van der Waals surface area (Å²) in [6, 6.07) is 5.13. The summed E-state index contributed by atoms with van der Waals surface area (Å²) in [6.45, 7) is 0.0452. The molecule has 0 aliphatic carbocycles. The Labute approximate surface area is 149 Å². The molecule has 26 heavy (non-hydrogen) atoms. The number of hydrogen-bond donors (Lipinski definition) is 2. The summed E-state index contributed by atoms with van der Waals surface area (Å²) >= 11 is 0.655. The molecule has 10 heteroatoms. The number of amides is 1. The zero-order valence-corrected chi connectivity index (χ0v) is 14.2. The second kappa shape index (κ2) is 6.51. The Morgan fingerprint density at radius 3 is 2.62 bits per heavy atom. The van der Waals surface area contributed by atoms with Crippen LogP contribution >= 0.6 is 11.3 Å². The highest BCUT2D eigenvalue weighted by molar-refractivity contribution is 7.18. The zero-order chi connectivity index (χ0) is 19.1. The Bertz CT molecular complexity index is 820. The van der Waals surface area contributed by atoms with Crippen LogP contribution in [0.15, 0.2) is 24.3 Å². The highest BCUT2D eigenvalue weighted by Gasteiger charge is 2.59. The Morgan fingerprint density at radius 2 is 2.00 bits per heavy atom. The van der Waals surface area contributed by atoms with E-state index in [1.165, 1.54) is 6.07 Å². The standard InChI is InChI=1S/C16H15F3N2O4S/c17-16(18,19)15(25,14-20-9-4-1-2-6-11(9)26-14)8-12(22)21-7-3-5-10(21)13(23)24/h1-2,4,6,10,25H,3,5,7-8H2,(H,23,24)/t10-,15?/m1/s1. The predicted molar refractivity (Wildman–Crippen MR) is 86.6 cm³/mol. The van der Waals surface area contributed by atoms with Gasteiger partial charge in [0.2, 0.25) is 11.5 Å². The van der Waals surface area contributed by atoms with Gasteiger partial charge < -0.3 is 15.1 Å². The smallest absolute Gasteiger partial charge is 0.424 e. The van der Waals surface area contributed by atoms with Crippen molar-refractivity contribution in [3.8, 4) is 0 Å². The van der Waals surface area contributed by atoms with E-state index in [4.69, 9.17) is 5.11 Å². The van der Waals surface area contributed by atoms with E-state index >= 15 is 0 Å². The Hall–Kier alpha value is -2.20. The number of thiazole rings is 1. The molecule has 2 heterocycles. The van der Waals surface area contributed by atoms with Crippen LogP contribution < -0.4 is 0 Å². The summed E-state index contributed by atoms with van der Waals surface area (Å²) in [5.74, 6) is -2.33. The molecule has 2 atom stereocenters. The molecule has 0 saturated carbocycles. The number of aromatic nitrogens is 1. The lowest BCUT2D eigenvalue weighted by Gasteiger charge is -2.30. The Balaban J connectivity index is 1.95. The van der Waals surface area contributed by atoms with E-state index in [-0.39, 0.29) is 18.5 Å². The van der Waals surface area contributed by atoms with Gasteiger partial charge in [0.15, 0.2) is 0 Å². The van der Waals surface area contributed by atoms with Crippen LogP contribution in [-0.4, -0.2) is 50.7 Å². The number of halogens is 3. The molecule has 1 saturated heterocycles. The average molecular weight is 388 g/mol. The monoisotopic (exact) mass is 388 g/mol. The number of para-hydroxylation sites is 1. The van der Waals surface area contributed by atoms with Crippen LogP contribution in [0, 0.1) is 0 Å². The molecule has 3 rings (SSSR count). The summed E-state index contributed by atoms with van der Waals surface area (Å²) in [7, 11) is 0. The van der Waals surface area contributed by atoms with E-state index in [1.807, 2.05) is 0 Å². The van der Waals surface area contributed by atoms with E-state index in [2.05, 4.69) is 4.98 Å². The van der Waals surface area contributed by atoms with Gasteiger partial charge in [-0.15, -0.1) is 11.3 Å². The maximum atomic E-state index is 13.7. The van der Waals surface area contributed by atoms with Crippen molar-refractivity contribution >= 4 is 33.4 Å². The minimum atomic E-state index is -5.14. The summed E-state index contributed by atoms with van der Waals surface area (Å²) in [6.07, 6.45) is -5.89. The number of likely N-dealkylation sites (tertiary alicyclic amines) is 1. The number of hydrogen-bond acceptors (Lipinski definition) is 5. The Morgan fingerprint density at radius 1 is 1.31 bits per heavy atom. The maximum Gasteiger partial charge on any atom is 0.424 e. The fourth-order valence-electron chi connectivity index (χ4n) is 2.99. The number of aliphatic hydroxyl groups is 1. The SMILES string of the molecule is O=C(O)[C@H]1CCCN1C(=O)CC(O)(c1nc2ccccc2s1)C(F)(F)F. The van der Waals surface area contributed by atoms with Crippen molar-refractivity contribution in [2.75, 3.05) is 6.54 Å². The molecule has 0 radical (unpaired) electrons. The summed E-state index contributed by atoms with van der Waals surface area (Å²) < 4.78 is 41.4. The molecule has 0 bridgehead atoms. The lowest BCUT2D eigenvalue weighted by molar-refractivity contribution is -0.268. The van der Waals surface area contributed by atoms with E-state index in [9.17, 15) is 27.9 Å². The number of benzene rings is 1. The van der Waals surface area contributed by atoms with Gasteiger partial charge in [0.25, 0.3) is 0 Å². The van der Waals surface area contributed by atoms with E-state index < -0.39 is 41.1 Å². The number of fused-ring (bicyclic) bond motifs is 1. The molecule has 1 unspecified atom stereocenters. The molecule has 1 aromatic heterocycles. The van der Waals surface area contributed by atoms with Crippen LogP contribution in [0.25, 0.3) is 10.2 Å². The van der Waals surface area contributed by atoms with Gasteiger partial charge in [0.05, 0.1) is 16.6 Å².